The highest BCUT2D eigenvalue weighted by Crippen LogP contribution is 2.13. The van der Waals surface area contributed by atoms with Crippen molar-refractivity contribution in [2.45, 2.75) is 6.92 Å². The van der Waals surface area contributed by atoms with Gasteiger partial charge < -0.3 is 10.2 Å². The van der Waals surface area contributed by atoms with Gasteiger partial charge in [0, 0.05) is 11.9 Å². The first-order valence-electron chi connectivity index (χ1n) is 6.27. The molecule has 0 aliphatic heterocycles. The highest BCUT2D eigenvalue weighted by atomic mass is 16.4. The second-order valence-electron chi connectivity index (χ2n) is 4.49. The molecule has 0 fully saturated rings. The van der Waals surface area contributed by atoms with Crippen LogP contribution in [-0.4, -0.2) is 20.7 Å². The van der Waals surface area contributed by atoms with Crippen LogP contribution in [0.15, 0.2) is 47.2 Å². The molecule has 3 aromatic rings. The van der Waals surface area contributed by atoms with Crippen molar-refractivity contribution in [3.8, 4) is 5.69 Å². The summed E-state index contributed by atoms with van der Waals surface area (Å²) in [5.41, 5.74) is 8.08. The van der Waals surface area contributed by atoms with Crippen molar-refractivity contribution in [3.63, 3.8) is 0 Å². The maximum absolute atomic E-state index is 12.0. The van der Waals surface area contributed by atoms with E-state index in [0.29, 0.717) is 11.4 Å². The van der Waals surface area contributed by atoms with E-state index in [1.54, 1.807) is 36.0 Å². The van der Waals surface area contributed by atoms with E-state index < -0.39 is 0 Å². The predicted molar refractivity (Wildman–Crippen MR) is 77.2 cm³/mol. The normalized spacial score (nSPS) is 10.5. The quantitative estimate of drug-likeness (QED) is 0.716. The number of hydrogen-bond acceptors (Lipinski definition) is 5. The second kappa shape index (κ2) is 5.12. The average Bonchev–Trinajstić information content (AvgIpc) is 3.08. The number of aromatic nitrogens is 3. The van der Waals surface area contributed by atoms with Gasteiger partial charge in [-0.1, -0.05) is 6.07 Å². The summed E-state index contributed by atoms with van der Waals surface area (Å²) in [6, 6.07) is 8.98. The number of nitrogens with two attached hydrogens (primary N) is 1. The molecule has 0 atom stereocenters. The van der Waals surface area contributed by atoms with Crippen LogP contribution in [0.1, 0.15) is 16.2 Å². The smallest absolute Gasteiger partial charge is 0.301 e. The maximum Gasteiger partial charge on any atom is 0.301 e. The zero-order chi connectivity index (χ0) is 14.8. The Morgan fingerprint density at radius 3 is 2.95 bits per heavy atom. The van der Waals surface area contributed by atoms with Crippen LogP contribution in [0.3, 0.4) is 0 Å². The number of carbonyl (C=O) groups excluding carboxylic acids is 1. The Labute approximate surface area is 120 Å². The van der Waals surface area contributed by atoms with Gasteiger partial charge in [0.05, 0.1) is 11.4 Å². The minimum atomic E-state index is -0.389. The number of hydrogen-bond donors (Lipinski definition) is 2. The Kier molecular flexibility index (Phi) is 3.15. The summed E-state index contributed by atoms with van der Waals surface area (Å²) in [5.74, 6) is -0.389. The van der Waals surface area contributed by atoms with E-state index in [9.17, 15) is 4.79 Å². The molecule has 2 aromatic heterocycles. The molecule has 7 nitrogen and oxygen atoms in total. The number of carbonyl (C=O) groups is 1. The summed E-state index contributed by atoms with van der Waals surface area (Å²) in [6.07, 6.45) is 3.14. The van der Waals surface area contributed by atoms with Gasteiger partial charge in [-0.25, -0.2) is 4.68 Å². The van der Waals surface area contributed by atoms with Crippen molar-refractivity contribution in [2.75, 3.05) is 11.1 Å². The van der Waals surface area contributed by atoms with Crippen molar-refractivity contribution < 1.29 is 9.21 Å². The first kappa shape index (κ1) is 12.9. The van der Waals surface area contributed by atoms with Gasteiger partial charge in [0.1, 0.15) is 6.26 Å². The van der Waals surface area contributed by atoms with Crippen molar-refractivity contribution in [1.82, 2.24) is 14.8 Å². The van der Waals surface area contributed by atoms with E-state index >= 15 is 0 Å². The molecular weight excluding hydrogens is 270 g/mol. The van der Waals surface area contributed by atoms with Crippen LogP contribution in [0.25, 0.3) is 5.69 Å². The van der Waals surface area contributed by atoms with Gasteiger partial charge in [-0.3, -0.25) is 10.1 Å². The second-order valence-corrected chi connectivity index (χ2v) is 4.49. The molecule has 106 valence electrons. The number of amides is 1. The predicted octanol–water partition coefficient (Wildman–Crippen LogP) is 2.00. The summed E-state index contributed by atoms with van der Waals surface area (Å²) in [7, 11) is 0. The van der Waals surface area contributed by atoms with Crippen molar-refractivity contribution in [3.05, 3.63) is 54.2 Å². The Morgan fingerprint density at radius 1 is 1.38 bits per heavy atom. The van der Waals surface area contributed by atoms with Crippen LogP contribution in [0.2, 0.25) is 0 Å². The molecule has 7 heteroatoms. The highest BCUT2D eigenvalue weighted by Gasteiger charge is 2.13. The molecule has 1 aromatic carbocycles. The Balaban J connectivity index is 1.80. The van der Waals surface area contributed by atoms with Crippen molar-refractivity contribution >= 4 is 17.6 Å². The van der Waals surface area contributed by atoms with Gasteiger partial charge >= 0.3 is 6.01 Å². The van der Waals surface area contributed by atoms with Crippen LogP contribution < -0.4 is 11.1 Å². The molecule has 21 heavy (non-hydrogen) atoms. The third-order valence-corrected chi connectivity index (χ3v) is 2.80. The monoisotopic (exact) mass is 283 g/mol. The maximum atomic E-state index is 12.0. The Hall–Kier alpha value is -3.09. The number of rotatable bonds is 3. The van der Waals surface area contributed by atoms with Crippen molar-refractivity contribution in [2.24, 2.45) is 0 Å². The molecule has 0 spiro atoms. The zero-order valence-electron chi connectivity index (χ0n) is 11.3. The van der Waals surface area contributed by atoms with Gasteiger partial charge in [-0.05, 0) is 31.2 Å². The number of oxazole rings is 1. The first-order valence-corrected chi connectivity index (χ1v) is 6.27. The fourth-order valence-corrected chi connectivity index (χ4v) is 1.83. The number of nitrogens with one attached hydrogen (secondary N) is 1. The third-order valence-electron chi connectivity index (χ3n) is 2.80. The van der Waals surface area contributed by atoms with Crippen LogP contribution in [0.5, 0.6) is 0 Å². The minimum absolute atomic E-state index is 0.149. The molecule has 0 aliphatic carbocycles. The Morgan fingerprint density at radius 2 is 2.24 bits per heavy atom. The standard InChI is InChI=1S/C14H13N5O2/c1-9-8-21-14(16-9)17-13(20)12-5-6-19(18-12)11-4-2-3-10(15)7-11/h2-8H,15H2,1H3,(H,16,17,20). The lowest BCUT2D eigenvalue weighted by Crippen LogP contribution is -2.13. The Bertz CT molecular complexity index is 790. The summed E-state index contributed by atoms with van der Waals surface area (Å²) < 4.78 is 6.64. The van der Waals surface area contributed by atoms with Crippen LogP contribution >= 0.6 is 0 Å². The van der Waals surface area contributed by atoms with Crippen molar-refractivity contribution in [1.29, 1.82) is 0 Å². The van der Waals surface area contributed by atoms with E-state index in [1.165, 1.54) is 6.26 Å². The molecule has 2 heterocycles. The van der Waals surface area contributed by atoms with Gasteiger partial charge in [-0.15, -0.1) is 0 Å². The first-order chi connectivity index (χ1) is 10.1. The molecular formula is C14H13N5O2. The topological polar surface area (TPSA) is 99.0 Å². The van der Waals surface area contributed by atoms with Crippen LogP contribution in [-0.2, 0) is 0 Å². The van der Waals surface area contributed by atoms with Gasteiger partial charge in [0.25, 0.3) is 5.91 Å². The van der Waals surface area contributed by atoms with E-state index in [-0.39, 0.29) is 17.6 Å². The molecule has 3 rings (SSSR count). The lowest BCUT2D eigenvalue weighted by Gasteiger charge is -2.02. The summed E-state index contributed by atoms with van der Waals surface area (Å²) >= 11 is 0. The van der Waals surface area contributed by atoms with Gasteiger partial charge in [-0.2, -0.15) is 10.1 Å². The summed E-state index contributed by atoms with van der Waals surface area (Å²) in [6.45, 7) is 1.77. The molecule has 0 saturated carbocycles. The summed E-state index contributed by atoms with van der Waals surface area (Å²) in [4.78, 5) is 16.0. The number of anilines is 2. The lowest BCUT2D eigenvalue weighted by atomic mass is 10.3. The number of aryl methyl sites for hydroxylation is 1. The van der Waals surface area contributed by atoms with Gasteiger partial charge in [0.15, 0.2) is 5.69 Å². The highest BCUT2D eigenvalue weighted by molar-refractivity contribution is 6.01. The van der Waals surface area contributed by atoms with E-state index in [4.69, 9.17) is 10.2 Å². The summed E-state index contributed by atoms with van der Waals surface area (Å²) in [5, 5.41) is 6.74. The van der Waals surface area contributed by atoms with Gasteiger partial charge in [0.2, 0.25) is 0 Å². The minimum Gasteiger partial charge on any atom is -0.432 e. The molecule has 0 aliphatic rings. The zero-order valence-corrected chi connectivity index (χ0v) is 11.3. The van der Waals surface area contributed by atoms with Crippen LogP contribution in [0.4, 0.5) is 11.7 Å². The molecule has 0 radical (unpaired) electrons. The van der Waals surface area contributed by atoms with E-state index in [2.05, 4.69) is 15.4 Å². The lowest BCUT2D eigenvalue weighted by molar-refractivity contribution is 0.101. The number of benzene rings is 1. The number of nitrogens with zero attached hydrogens (tertiary/aromatic N) is 3. The van der Waals surface area contributed by atoms with E-state index in [1.807, 2.05) is 12.1 Å². The largest absolute Gasteiger partial charge is 0.432 e. The average molecular weight is 283 g/mol. The van der Waals surface area contributed by atoms with E-state index in [0.717, 1.165) is 5.69 Å². The number of nitrogen functional groups attached to an aromatic ring is 1. The fourth-order valence-electron chi connectivity index (χ4n) is 1.83. The molecule has 3 N–H and O–H groups in total. The fraction of sp³-hybridized carbons (Fsp3) is 0.0714. The van der Waals surface area contributed by atoms with Crippen LogP contribution in [0, 0.1) is 6.92 Å². The molecule has 0 unspecified atom stereocenters. The molecule has 0 bridgehead atoms. The molecule has 0 saturated heterocycles. The third kappa shape index (κ3) is 2.76. The SMILES string of the molecule is Cc1coc(NC(=O)c2ccn(-c3cccc(N)c3)n2)n1. The molecule has 1 amide bonds.